The zero-order valence-electron chi connectivity index (χ0n) is 16.1. The molecule has 0 fully saturated rings. The van der Waals surface area contributed by atoms with Crippen LogP contribution in [0.4, 0.5) is 18.0 Å². The van der Waals surface area contributed by atoms with E-state index in [2.05, 4.69) is 10.3 Å². The number of hydrogen-bond acceptors (Lipinski definition) is 6. The Kier molecular flexibility index (Phi) is 6.19. The van der Waals surface area contributed by atoms with Crippen molar-refractivity contribution in [1.82, 2.24) is 10.3 Å². The lowest BCUT2D eigenvalue weighted by Gasteiger charge is -2.26. The topological polar surface area (TPSA) is 145 Å². The minimum Gasteiger partial charge on any atom is -0.370 e. The molecular weight excluding hydrogens is 445 g/mol. The van der Waals surface area contributed by atoms with E-state index < -0.39 is 43.9 Å². The van der Waals surface area contributed by atoms with Crippen LogP contribution in [0.15, 0.2) is 23.1 Å². The number of sulfone groups is 1. The molecule has 0 aliphatic carbocycles. The number of aryl methyl sites for hydroxylation is 1. The molecule has 0 spiro atoms. The third kappa shape index (κ3) is 5.08. The van der Waals surface area contributed by atoms with Gasteiger partial charge in [-0.15, -0.1) is 11.3 Å². The van der Waals surface area contributed by atoms with Crippen LogP contribution < -0.4 is 16.8 Å². The third-order valence-electron chi connectivity index (χ3n) is 4.14. The van der Waals surface area contributed by atoms with Gasteiger partial charge in [0.2, 0.25) is 5.91 Å². The molecule has 2 aromatic rings. The predicted molar refractivity (Wildman–Crippen MR) is 104 cm³/mol. The van der Waals surface area contributed by atoms with Gasteiger partial charge in [0.05, 0.1) is 33.0 Å². The Bertz CT molecular complexity index is 1090. The van der Waals surface area contributed by atoms with E-state index in [4.69, 9.17) is 11.5 Å². The number of rotatable bonds is 6. The van der Waals surface area contributed by atoms with E-state index in [9.17, 15) is 31.2 Å². The summed E-state index contributed by atoms with van der Waals surface area (Å²) in [7, 11) is -4.12. The maximum absolute atomic E-state index is 13.5. The van der Waals surface area contributed by atoms with Crippen LogP contribution in [0.2, 0.25) is 0 Å². The molecule has 164 valence electrons. The minimum atomic E-state index is -4.90. The van der Waals surface area contributed by atoms with Crippen LogP contribution in [-0.4, -0.2) is 31.6 Å². The van der Waals surface area contributed by atoms with Crippen molar-refractivity contribution < 1.29 is 31.2 Å². The zero-order valence-corrected chi connectivity index (χ0v) is 17.8. The summed E-state index contributed by atoms with van der Waals surface area (Å²) in [5.74, 6) is -0.752. The van der Waals surface area contributed by atoms with Gasteiger partial charge in [-0.1, -0.05) is 6.07 Å². The molecule has 1 aromatic carbocycles. The number of nitrogens with one attached hydrogen (secondary N) is 1. The van der Waals surface area contributed by atoms with Crippen LogP contribution in [0.25, 0.3) is 10.4 Å². The number of amides is 3. The number of nitrogens with zero attached hydrogens (tertiary/aromatic N) is 1. The Labute approximate surface area is 174 Å². The smallest absolute Gasteiger partial charge is 0.370 e. The molecule has 0 saturated heterocycles. The monoisotopic (exact) mass is 464 g/mol. The van der Waals surface area contributed by atoms with Gasteiger partial charge in [-0.05, 0) is 31.5 Å². The number of thiazole rings is 1. The second kappa shape index (κ2) is 7.87. The lowest BCUT2D eigenvalue weighted by Crippen LogP contribution is -2.48. The molecule has 3 amide bonds. The molecular formula is C17H19F3N4O4S2. The summed E-state index contributed by atoms with van der Waals surface area (Å²) >= 11 is 0.930. The molecule has 1 atom stereocenters. The van der Waals surface area contributed by atoms with Crippen molar-refractivity contribution in [2.45, 2.75) is 36.9 Å². The van der Waals surface area contributed by atoms with Crippen molar-refractivity contribution in [1.29, 1.82) is 0 Å². The van der Waals surface area contributed by atoms with E-state index >= 15 is 0 Å². The van der Waals surface area contributed by atoms with Gasteiger partial charge >= 0.3 is 12.2 Å². The molecule has 1 heterocycles. The van der Waals surface area contributed by atoms with Crippen molar-refractivity contribution in [2.75, 3.05) is 6.26 Å². The number of carbonyl (C=O) groups is 2. The largest absolute Gasteiger partial charge is 0.417 e. The fourth-order valence-electron chi connectivity index (χ4n) is 2.91. The van der Waals surface area contributed by atoms with Gasteiger partial charge < -0.3 is 16.8 Å². The molecule has 8 nitrogen and oxygen atoms in total. The SMILES string of the molecule is Cc1nc(C(C)(CC(N)=O)NC(N)=O)sc1-c1ccc(S(C)(=O)=O)c(C(F)(F)F)c1. The van der Waals surface area contributed by atoms with Crippen LogP contribution in [0.1, 0.15) is 29.6 Å². The number of primary amides is 2. The van der Waals surface area contributed by atoms with Crippen molar-refractivity contribution in [3.8, 4) is 10.4 Å². The molecule has 5 N–H and O–H groups in total. The van der Waals surface area contributed by atoms with Crippen LogP contribution >= 0.6 is 11.3 Å². The Morgan fingerprint density at radius 3 is 2.30 bits per heavy atom. The quantitative estimate of drug-likeness (QED) is 0.601. The number of aromatic nitrogens is 1. The van der Waals surface area contributed by atoms with E-state index in [0.717, 1.165) is 23.5 Å². The lowest BCUT2D eigenvalue weighted by molar-refractivity contribution is -0.139. The molecule has 2 rings (SSSR count). The van der Waals surface area contributed by atoms with Gasteiger partial charge in [0.15, 0.2) is 9.84 Å². The summed E-state index contributed by atoms with van der Waals surface area (Å²) in [6.45, 7) is 2.99. The second-order valence-corrected chi connectivity index (χ2v) is 9.86. The van der Waals surface area contributed by atoms with E-state index in [1.165, 1.54) is 19.9 Å². The van der Waals surface area contributed by atoms with Gasteiger partial charge in [-0.25, -0.2) is 18.2 Å². The summed E-state index contributed by atoms with van der Waals surface area (Å²) < 4.78 is 63.9. The maximum Gasteiger partial charge on any atom is 0.417 e. The fourth-order valence-corrected chi connectivity index (χ4v) is 4.96. The summed E-state index contributed by atoms with van der Waals surface area (Å²) in [4.78, 5) is 26.5. The van der Waals surface area contributed by atoms with E-state index in [-0.39, 0.29) is 17.0 Å². The average molecular weight is 464 g/mol. The van der Waals surface area contributed by atoms with E-state index in [1.54, 1.807) is 0 Å². The number of nitrogens with two attached hydrogens (primary N) is 2. The molecule has 0 saturated carbocycles. The lowest BCUT2D eigenvalue weighted by atomic mass is 9.98. The Morgan fingerprint density at radius 2 is 1.83 bits per heavy atom. The highest BCUT2D eigenvalue weighted by Crippen LogP contribution is 2.40. The molecule has 0 aliphatic heterocycles. The van der Waals surface area contributed by atoms with Crippen LogP contribution in [0.5, 0.6) is 0 Å². The summed E-state index contributed by atoms with van der Waals surface area (Å²) in [6.07, 6.45) is -4.55. The van der Waals surface area contributed by atoms with Gasteiger partial charge in [-0.2, -0.15) is 13.2 Å². The second-order valence-electron chi connectivity index (χ2n) is 6.88. The first-order chi connectivity index (χ1) is 13.5. The summed E-state index contributed by atoms with van der Waals surface area (Å²) in [5, 5.41) is 2.59. The van der Waals surface area contributed by atoms with Gasteiger partial charge in [-0.3, -0.25) is 4.79 Å². The first kappa shape index (κ1) is 23.6. The first-order valence-corrected chi connectivity index (χ1v) is 11.0. The van der Waals surface area contributed by atoms with Crippen LogP contribution in [-0.2, 0) is 26.3 Å². The molecule has 0 radical (unpaired) electrons. The Balaban J connectivity index is 2.66. The normalized spacial score (nSPS) is 14.2. The Hall–Kier alpha value is -2.67. The Morgan fingerprint density at radius 1 is 1.23 bits per heavy atom. The highest BCUT2D eigenvalue weighted by Gasteiger charge is 2.37. The number of carbonyl (C=O) groups excluding carboxylic acids is 2. The number of urea groups is 1. The van der Waals surface area contributed by atoms with Crippen molar-refractivity contribution in [3.63, 3.8) is 0 Å². The summed E-state index contributed by atoms with van der Waals surface area (Å²) in [5.41, 5.74) is 8.13. The number of hydrogen-bond donors (Lipinski definition) is 3. The average Bonchev–Trinajstić information content (AvgIpc) is 2.93. The van der Waals surface area contributed by atoms with Crippen LogP contribution in [0, 0.1) is 6.92 Å². The minimum absolute atomic E-state index is 0.0801. The highest BCUT2D eigenvalue weighted by atomic mass is 32.2. The standard InChI is InChI=1S/C17H19F3N4O4S2/c1-8-13(29-14(23-8)16(2,7-12(21)25)24-15(22)26)9-4-5-11(30(3,27)28)10(6-9)17(18,19)20/h4-6H,7H2,1-3H3,(H2,21,25)(H3,22,24,26). The van der Waals surface area contributed by atoms with Gasteiger partial charge in [0, 0.05) is 6.26 Å². The van der Waals surface area contributed by atoms with Gasteiger partial charge in [0.1, 0.15) is 5.01 Å². The first-order valence-electron chi connectivity index (χ1n) is 8.30. The molecule has 30 heavy (non-hydrogen) atoms. The maximum atomic E-state index is 13.5. The molecule has 1 unspecified atom stereocenters. The fraction of sp³-hybridized carbons (Fsp3) is 0.353. The van der Waals surface area contributed by atoms with E-state index in [1.807, 2.05) is 0 Å². The summed E-state index contributed by atoms with van der Waals surface area (Å²) in [6, 6.07) is 1.91. The number of benzene rings is 1. The predicted octanol–water partition coefficient (Wildman–Crippen LogP) is 2.30. The molecule has 0 aliphatic rings. The van der Waals surface area contributed by atoms with Crippen molar-refractivity contribution in [2.24, 2.45) is 11.5 Å². The number of alkyl halides is 3. The van der Waals surface area contributed by atoms with Crippen molar-refractivity contribution in [3.05, 3.63) is 34.5 Å². The molecule has 13 heteroatoms. The third-order valence-corrected chi connectivity index (χ3v) is 6.77. The molecule has 1 aromatic heterocycles. The van der Waals surface area contributed by atoms with Crippen LogP contribution in [0.3, 0.4) is 0 Å². The zero-order chi connectivity index (χ0) is 23.1. The van der Waals surface area contributed by atoms with Crippen molar-refractivity contribution >= 4 is 33.1 Å². The van der Waals surface area contributed by atoms with E-state index in [0.29, 0.717) is 16.8 Å². The molecule has 0 bridgehead atoms. The number of halogens is 3. The van der Waals surface area contributed by atoms with Gasteiger partial charge in [0.25, 0.3) is 0 Å². The highest BCUT2D eigenvalue weighted by molar-refractivity contribution is 7.90.